The van der Waals surface area contributed by atoms with E-state index in [4.69, 9.17) is 5.73 Å². The Hall–Kier alpha value is -3.29. The third kappa shape index (κ3) is 3.47. The van der Waals surface area contributed by atoms with E-state index in [0.717, 1.165) is 12.1 Å². The highest BCUT2D eigenvalue weighted by Gasteiger charge is 2.15. The van der Waals surface area contributed by atoms with Gasteiger partial charge in [-0.25, -0.2) is 13.2 Å². The number of aromatic amines is 1. The van der Waals surface area contributed by atoms with Crippen molar-refractivity contribution in [1.82, 2.24) is 4.98 Å². The first kappa shape index (κ1) is 16.6. The number of nitrogens with two attached hydrogens (primary N) is 1. The van der Waals surface area contributed by atoms with E-state index in [9.17, 15) is 22.8 Å². The molecule has 0 radical (unpaired) electrons. The first-order chi connectivity index (χ1) is 11.8. The highest BCUT2D eigenvalue weighted by Crippen LogP contribution is 2.23. The van der Waals surface area contributed by atoms with E-state index in [0.29, 0.717) is 22.7 Å². The summed E-state index contributed by atoms with van der Waals surface area (Å²) in [7, 11) is 0. The van der Waals surface area contributed by atoms with Gasteiger partial charge in [0.1, 0.15) is 11.5 Å². The van der Waals surface area contributed by atoms with Crippen LogP contribution in [-0.2, 0) is 0 Å². The van der Waals surface area contributed by atoms with Crippen molar-refractivity contribution in [1.29, 1.82) is 0 Å². The molecule has 0 fully saturated rings. The van der Waals surface area contributed by atoms with Crippen molar-refractivity contribution >= 4 is 28.4 Å². The molecule has 3 aromatic rings. The number of amides is 2. The summed E-state index contributed by atoms with van der Waals surface area (Å²) in [4.78, 5) is 26.2. The van der Waals surface area contributed by atoms with Crippen molar-refractivity contribution in [2.24, 2.45) is 5.73 Å². The highest BCUT2D eigenvalue weighted by molar-refractivity contribution is 6.05. The number of H-pyrrole nitrogens is 1. The SMILES string of the molecule is NC(=O)c1cc2cc(NC(=O)c3cc(F)cc(C(F)F)c3)ccc2[nH]1. The van der Waals surface area contributed by atoms with Gasteiger partial charge in [-0.05, 0) is 42.5 Å². The van der Waals surface area contributed by atoms with Crippen molar-refractivity contribution in [3.63, 3.8) is 0 Å². The third-order valence-electron chi connectivity index (χ3n) is 3.58. The van der Waals surface area contributed by atoms with E-state index >= 15 is 0 Å². The minimum atomic E-state index is -2.88. The summed E-state index contributed by atoms with van der Waals surface area (Å²) < 4.78 is 38.9. The molecule has 128 valence electrons. The lowest BCUT2D eigenvalue weighted by atomic mass is 10.1. The number of carbonyl (C=O) groups is 2. The molecule has 0 aliphatic carbocycles. The molecule has 5 nitrogen and oxygen atoms in total. The van der Waals surface area contributed by atoms with Crippen molar-refractivity contribution in [3.8, 4) is 0 Å². The summed E-state index contributed by atoms with van der Waals surface area (Å²) in [6.07, 6.45) is -2.88. The van der Waals surface area contributed by atoms with E-state index in [2.05, 4.69) is 10.3 Å². The first-order valence-corrected chi connectivity index (χ1v) is 7.16. The maximum absolute atomic E-state index is 13.4. The molecular weight excluding hydrogens is 335 g/mol. The monoisotopic (exact) mass is 347 g/mol. The second kappa shape index (κ2) is 6.31. The molecule has 0 bridgehead atoms. The summed E-state index contributed by atoms with van der Waals surface area (Å²) in [5, 5.41) is 3.13. The Balaban J connectivity index is 1.88. The van der Waals surface area contributed by atoms with Gasteiger partial charge in [-0.1, -0.05) is 0 Å². The Morgan fingerprint density at radius 3 is 2.52 bits per heavy atom. The van der Waals surface area contributed by atoms with Crippen LogP contribution in [0.25, 0.3) is 10.9 Å². The number of alkyl halides is 2. The summed E-state index contributed by atoms with van der Waals surface area (Å²) >= 11 is 0. The molecule has 0 aliphatic heterocycles. The Kier molecular flexibility index (Phi) is 4.18. The maximum atomic E-state index is 13.4. The van der Waals surface area contributed by atoms with Gasteiger partial charge in [0.2, 0.25) is 0 Å². The van der Waals surface area contributed by atoms with Crippen LogP contribution in [0.5, 0.6) is 0 Å². The number of hydrogen-bond acceptors (Lipinski definition) is 2. The molecule has 2 amide bonds. The smallest absolute Gasteiger partial charge is 0.265 e. The van der Waals surface area contributed by atoms with Gasteiger partial charge < -0.3 is 16.0 Å². The van der Waals surface area contributed by atoms with Crippen molar-refractivity contribution in [2.75, 3.05) is 5.32 Å². The average molecular weight is 347 g/mol. The summed E-state index contributed by atoms with van der Waals surface area (Å²) in [5.41, 5.74) is 5.60. The Labute approximate surface area is 139 Å². The number of hydrogen-bond donors (Lipinski definition) is 3. The molecule has 4 N–H and O–H groups in total. The van der Waals surface area contributed by atoms with E-state index in [1.165, 1.54) is 6.07 Å². The zero-order valence-electron chi connectivity index (χ0n) is 12.6. The van der Waals surface area contributed by atoms with Gasteiger partial charge in [0.05, 0.1) is 0 Å². The molecule has 0 saturated carbocycles. The molecule has 8 heteroatoms. The lowest BCUT2D eigenvalue weighted by Crippen LogP contribution is -2.12. The van der Waals surface area contributed by atoms with Gasteiger partial charge in [0, 0.05) is 27.7 Å². The van der Waals surface area contributed by atoms with Gasteiger partial charge >= 0.3 is 0 Å². The van der Waals surface area contributed by atoms with Gasteiger partial charge in [-0.2, -0.15) is 0 Å². The van der Waals surface area contributed by atoms with Crippen LogP contribution in [-0.4, -0.2) is 16.8 Å². The van der Waals surface area contributed by atoms with Crippen LogP contribution >= 0.6 is 0 Å². The van der Waals surface area contributed by atoms with Gasteiger partial charge in [-0.15, -0.1) is 0 Å². The van der Waals surface area contributed by atoms with Gasteiger partial charge in [-0.3, -0.25) is 9.59 Å². The fraction of sp³-hybridized carbons (Fsp3) is 0.0588. The number of benzene rings is 2. The zero-order chi connectivity index (χ0) is 18.1. The largest absolute Gasteiger partial charge is 0.364 e. The van der Waals surface area contributed by atoms with Gasteiger partial charge in [0.25, 0.3) is 18.2 Å². The molecule has 0 aliphatic rings. The quantitative estimate of drug-likeness (QED) is 0.673. The number of fused-ring (bicyclic) bond motifs is 1. The third-order valence-corrected chi connectivity index (χ3v) is 3.58. The molecule has 0 atom stereocenters. The fourth-order valence-corrected chi connectivity index (χ4v) is 2.42. The molecule has 0 unspecified atom stereocenters. The van der Waals surface area contributed by atoms with E-state index in [1.54, 1.807) is 18.2 Å². The van der Waals surface area contributed by atoms with Crippen LogP contribution in [0.15, 0.2) is 42.5 Å². The van der Waals surface area contributed by atoms with Crippen LogP contribution in [0, 0.1) is 5.82 Å². The summed E-state index contributed by atoms with van der Waals surface area (Å²) in [5.74, 6) is -2.28. The topological polar surface area (TPSA) is 88.0 Å². The second-order valence-corrected chi connectivity index (χ2v) is 5.38. The maximum Gasteiger partial charge on any atom is 0.265 e. The number of anilines is 1. The minimum Gasteiger partial charge on any atom is -0.364 e. The van der Waals surface area contributed by atoms with E-state index in [1.807, 2.05) is 0 Å². The number of carbonyl (C=O) groups excluding carboxylic acids is 2. The lowest BCUT2D eigenvalue weighted by Gasteiger charge is -2.08. The zero-order valence-corrected chi connectivity index (χ0v) is 12.6. The minimum absolute atomic E-state index is 0.213. The number of nitrogens with one attached hydrogen (secondary N) is 2. The summed E-state index contributed by atoms with van der Waals surface area (Å²) in [6.45, 7) is 0. The lowest BCUT2D eigenvalue weighted by molar-refractivity contribution is 0.0994. The van der Waals surface area contributed by atoms with Gasteiger partial charge in [0.15, 0.2) is 0 Å². The number of aromatic nitrogens is 1. The predicted octanol–water partition coefficient (Wildman–Crippen LogP) is 3.60. The standard InChI is InChI=1S/C17H12F3N3O2/c18-11-4-9(15(19)20)3-10(5-11)17(25)22-12-1-2-13-8(6-12)7-14(23-13)16(21)24/h1-7,15,23H,(H2,21,24)(H,22,25). The van der Waals surface area contributed by atoms with E-state index < -0.39 is 29.6 Å². The van der Waals surface area contributed by atoms with Crippen LogP contribution in [0.2, 0.25) is 0 Å². The molecule has 1 aromatic heterocycles. The predicted molar refractivity (Wildman–Crippen MR) is 86.1 cm³/mol. The Bertz CT molecular complexity index is 982. The number of primary amides is 1. The first-order valence-electron chi connectivity index (χ1n) is 7.16. The normalized spacial score (nSPS) is 11.0. The van der Waals surface area contributed by atoms with Crippen LogP contribution in [0.3, 0.4) is 0 Å². The van der Waals surface area contributed by atoms with Crippen molar-refractivity contribution in [2.45, 2.75) is 6.43 Å². The fourth-order valence-electron chi connectivity index (χ4n) is 2.42. The molecule has 1 heterocycles. The molecule has 2 aromatic carbocycles. The number of halogens is 3. The van der Waals surface area contributed by atoms with E-state index in [-0.39, 0.29) is 11.3 Å². The van der Waals surface area contributed by atoms with Crippen LogP contribution < -0.4 is 11.1 Å². The molecule has 0 saturated heterocycles. The van der Waals surface area contributed by atoms with Crippen molar-refractivity contribution in [3.05, 3.63) is 65.1 Å². The highest BCUT2D eigenvalue weighted by atomic mass is 19.3. The molecule has 0 spiro atoms. The Morgan fingerprint density at radius 2 is 1.84 bits per heavy atom. The average Bonchev–Trinajstić information content (AvgIpc) is 2.97. The number of rotatable bonds is 4. The molecule has 3 rings (SSSR count). The Morgan fingerprint density at radius 1 is 1.08 bits per heavy atom. The van der Waals surface area contributed by atoms with Crippen LogP contribution in [0.1, 0.15) is 32.8 Å². The summed E-state index contributed by atoms with van der Waals surface area (Å²) in [6, 6.07) is 8.75. The second-order valence-electron chi connectivity index (χ2n) is 5.38. The van der Waals surface area contributed by atoms with Crippen LogP contribution in [0.4, 0.5) is 18.9 Å². The molecular formula is C17H12F3N3O2. The molecule has 25 heavy (non-hydrogen) atoms. The van der Waals surface area contributed by atoms with Crippen molar-refractivity contribution < 1.29 is 22.8 Å².